The van der Waals surface area contributed by atoms with Crippen LogP contribution in [-0.4, -0.2) is 19.1 Å². The van der Waals surface area contributed by atoms with Crippen molar-refractivity contribution in [1.82, 2.24) is 19.1 Å². The second-order valence-electron chi connectivity index (χ2n) is 16.9. The van der Waals surface area contributed by atoms with Crippen LogP contribution in [0.5, 0.6) is 11.5 Å². The van der Waals surface area contributed by atoms with Crippen LogP contribution in [0.4, 0.5) is 0 Å². The molecule has 0 atom stereocenters. The van der Waals surface area contributed by atoms with Crippen molar-refractivity contribution >= 4 is 32.8 Å². The monoisotopic (exact) mass is 806 g/mol. The Balaban J connectivity index is 1.24. The molecule has 6 heteroatoms. The molecule has 0 amide bonds. The van der Waals surface area contributed by atoms with E-state index in [1.165, 1.54) is 4.57 Å². The first kappa shape index (κ1) is 26.0. The van der Waals surface area contributed by atoms with E-state index >= 15 is 0 Å². The minimum Gasteiger partial charge on any atom is -0.458 e. The molecule has 10 rings (SSSR count). The summed E-state index contributed by atoms with van der Waals surface area (Å²) in [5.74, 6) is 1.68. The molecule has 0 radical (unpaired) electrons. The predicted octanol–water partition coefficient (Wildman–Crippen LogP) is 13.3. The number of aromatic nitrogens is 5. The topological polar surface area (TPSA) is 48.8 Å². The normalized spacial score (nSPS) is 15.1. The lowest BCUT2D eigenvalue weighted by Crippen LogP contribution is -2.31. The largest absolute Gasteiger partial charge is 0.458 e. The van der Waals surface area contributed by atoms with E-state index in [9.17, 15) is 2.74 Å². The number of para-hydroxylation sites is 3. The molecule has 0 saturated heterocycles. The molecule has 61 heavy (non-hydrogen) atoms. The molecule has 0 bridgehead atoms. The Kier molecular flexibility index (Phi) is 6.29. The van der Waals surface area contributed by atoms with Gasteiger partial charge in [0.2, 0.25) is 0 Å². The molecule has 6 aromatic carbocycles. The SMILES string of the molecule is [2H]c1c([2H])c([2H])c(-c2c([2H])c([2H])c([2H])c(-c3c([2H])c([2H])c([2H])c([2H])c3[2H])c2-[n+]2[c-]n(-c3cc(Oc4ccc5c6ccncc6n(-c6cc(C(C)(C)C)ccn6)c5c4)cc(C(C)(C)C)c3)c3ccccc32)c([2H])c1[2H]. The molecule has 0 fully saturated rings. The van der Waals surface area contributed by atoms with Gasteiger partial charge in [-0.3, -0.25) is 18.7 Å². The van der Waals surface area contributed by atoms with Gasteiger partial charge >= 0.3 is 0 Å². The zero-order valence-electron chi connectivity index (χ0n) is 47.4. The Morgan fingerprint density at radius 2 is 1.30 bits per heavy atom. The maximum atomic E-state index is 9.43. The first-order chi connectivity index (χ1) is 34.9. The summed E-state index contributed by atoms with van der Waals surface area (Å²) in [6, 6.07) is 15.2. The van der Waals surface area contributed by atoms with Crippen molar-refractivity contribution in [2.75, 3.05) is 0 Å². The van der Waals surface area contributed by atoms with E-state index in [0.29, 0.717) is 28.2 Å². The maximum Gasteiger partial charge on any atom is 0.269 e. The quantitative estimate of drug-likeness (QED) is 0.119. The highest BCUT2D eigenvalue weighted by atomic mass is 16.5. The van der Waals surface area contributed by atoms with Gasteiger partial charge in [0.1, 0.15) is 17.3 Å². The van der Waals surface area contributed by atoms with Crippen LogP contribution in [0.25, 0.3) is 72.3 Å². The Bertz CT molecular complexity index is 3870. The van der Waals surface area contributed by atoms with Crippen molar-refractivity contribution < 1.29 is 27.1 Å². The summed E-state index contributed by atoms with van der Waals surface area (Å²) in [7, 11) is 0. The highest BCUT2D eigenvalue weighted by molar-refractivity contribution is 6.09. The van der Waals surface area contributed by atoms with Crippen molar-refractivity contribution in [3.63, 3.8) is 0 Å². The molecular weight excluding hydrogens is 747 g/mol. The van der Waals surface area contributed by atoms with Gasteiger partial charge in [0.15, 0.2) is 0 Å². The summed E-state index contributed by atoms with van der Waals surface area (Å²) < 4.78 is 128. The van der Waals surface area contributed by atoms with Crippen molar-refractivity contribution in [2.45, 2.75) is 52.4 Å². The van der Waals surface area contributed by atoms with Gasteiger partial charge in [-0.15, -0.1) is 0 Å². The van der Waals surface area contributed by atoms with Crippen molar-refractivity contribution in [2.24, 2.45) is 0 Å². The number of fused-ring (bicyclic) bond motifs is 4. The second-order valence-corrected chi connectivity index (χ2v) is 16.9. The Morgan fingerprint density at radius 1 is 0.607 bits per heavy atom. The zero-order valence-corrected chi connectivity index (χ0v) is 34.4. The lowest BCUT2D eigenvalue weighted by molar-refractivity contribution is -0.571. The third-order valence-electron chi connectivity index (χ3n) is 10.8. The summed E-state index contributed by atoms with van der Waals surface area (Å²) in [6.07, 6.45) is 8.74. The number of imidazole rings is 1. The number of hydrogen-bond donors (Lipinski definition) is 0. The van der Waals surface area contributed by atoms with Crippen molar-refractivity contribution in [1.29, 1.82) is 0 Å². The van der Waals surface area contributed by atoms with Crippen molar-refractivity contribution in [3.8, 4) is 50.9 Å². The smallest absolute Gasteiger partial charge is 0.269 e. The molecule has 0 N–H and O–H groups in total. The van der Waals surface area contributed by atoms with Crippen LogP contribution in [0.1, 0.15) is 70.5 Å². The molecule has 4 aromatic heterocycles. The first-order valence-corrected chi connectivity index (χ1v) is 19.8. The van der Waals surface area contributed by atoms with Crippen LogP contribution < -0.4 is 9.30 Å². The lowest BCUT2D eigenvalue weighted by Gasteiger charge is -2.22. The molecule has 0 unspecified atom stereocenters. The maximum absolute atomic E-state index is 9.43. The number of benzene rings is 6. The Hall–Kier alpha value is -7.31. The molecule has 4 heterocycles. The van der Waals surface area contributed by atoms with Gasteiger partial charge in [-0.25, -0.2) is 4.98 Å². The Labute approximate surface area is 375 Å². The van der Waals surface area contributed by atoms with Crippen LogP contribution >= 0.6 is 0 Å². The van der Waals surface area contributed by atoms with Gasteiger partial charge in [-0.1, -0.05) is 144 Å². The van der Waals surface area contributed by atoms with Crippen LogP contribution in [0.3, 0.4) is 0 Å². The van der Waals surface area contributed by atoms with E-state index < -0.39 is 106 Å². The molecule has 0 aliphatic rings. The molecule has 298 valence electrons. The van der Waals surface area contributed by atoms with Crippen LogP contribution in [-0.2, 0) is 10.8 Å². The highest BCUT2D eigenvalue weighted by Gasteiger charge is 2.23. The van der Waals surface area contributed by atoms with E-state index in [0.717, 1.165) is 38.8 Å². The second kappa shape index (κ2) is 14.8. The standard InChI is InChI=1S/C55H47N5O/c1-54(2,3)39-26-29-57-52(32-39)60-50-34-42(24-25-46(50)47-27-28-56-35-51(47)60)61-43-31-40(55(4,5)6)30-41(33-43)58-36-59(49-23-14-13-22-48(49)58)53-44(37-16-9-7-10-17-37)20-15-21-45(53)38-18-11-8-12-19-38/h7-35H,1-6H3/i7D,8D,9D,10D,11D,12D,15D,16D,17D,18D,19D,20D,21D. The zero-order chi connectivity index (χ0) is 53.2. The minimum absolute atomic E-state index is 0.137. The molecule has 10 aromatic rings. The van der Waals surface area contributed by atoms with E-state index in [-0.39, 0.29) is 11.1 Å². The lowest BCUT2D eigenvalue weighted by atomic mass is 9.86. The number of rotatable bonds is 7. The van der Waals surface area contributed by atoms with Crippen molar-refractivity contribution in [3.05, 3.63) is 193 Å². The average molecular weight is 807 g/mol. The number of nitrogens with zero attached hydrogens (tertiary/aromatic N) is 5. The van der Waals surface area contributed by atoms with E-state index in [1.54, 1.807) is 35.0 Å². The van der Waals surface area contributed by atoms with E-state index in [2.05, 4.69) is 63.5 Å². The Morgan fingerprint density at radius 3 is 2.00 bits per heavy atom. The van der Waals surface area contributed by atoms with Gasteiger partial charge in [0.05, 0.1) is 57.5 Å². The van der Waals surface area contributed by atoms with Gasteiger partial charge in [-0.2, -0.15) is 0 Å². The minimum atomic E-state index is -0.772. The predicted molar refractivity (Wildman–Crippen MR) is 248 cm³/mol. The fraction of sp³-hybridized carbons (Fsp3) is 0.145. The average Bonchev–Trinajstić information content (AvgIpc) is 3.92. The van der Waals surface area contributed by atoms with Gasteiger partial charge in [0, 0.05) is 29.2 Å². The third-order valence-corrected chi connectivity index (χ3v) is 10.8. The molecular formula is C55H47N5O. The summed E-state index contributed by atoms with van der Waals surface area (Å²) >= 11 is 0. The van der Waals surface area contributed by atoms with Gasteiger partial charge < -0.3 is 4.74 Å². The summed E-state index contributed by atoms with van der Waals surface area (Å²) in [5.41, 5.74) is 2.36. The number of ether oxygens (including phenoxy) is 1. The molecule has 0 spiro atoms. The summed E-state index contributed by atoms with van der Waals surface area (Å²) in [5, 5.41) is 1.96. The van der Waals surface area contributed by atoms with Gasteiger partial charge in [-0.05, 0) is 92.7 Å². The molecule has 0 aliphatic heterocycles. The fourth-order valence-electron chi connectivity index (χ4n) is 7.66. The van der Waals surface area contributed by atoms with Crippen LogP contribution in [0.15, 0.2) is 176 Å². The number of pyridine rings is 2. The molecule has 6 nitrogen and oxygen atoms in total. The van der Waals surface area contributed by atoms with Gasteiger partial charge in [0.25, 0.3) is 6.33 Å². The number of hydrogen-bond acceptors (Lipinski definition) is 3. The fourth-order valence-corrected chi connectivity index (χ4v) is 7.66. The molecule has 0 saturated carbocycles. The first-order valence-electron chi connectivity index (χ1n) is 26.3. The summed E-state index contributed by atoms with van der Waals surface area (Å²) in [4.78, 5) is 9.28. The van der Waals surface area contributed by atoms with Crippen LogP contribution in [0, 0.1) is 6.33 Å². The highest BCUT2D eigenvalue weighted by Crippen LogP contribution is 2.39. The molecule has 0 aliphatic carbocycles. The van der Waals surface area contributed by atoms with Crippen LogP contribution in [0.2, 0.25) is 0 Å². The summed E-state index contributed by atoms with van der Waals surface area (Å²) in [6.45, 7) is 12.6. The van der Waals surface area contributed by atoms with E-state index in [1.807, 2.05) is 60.9 Å². The third kappa shape index (κ3) is 6.94. The van der Waals surface area contributed by atoms with E-state index in [4.69, 9.17) is 24.8 Å².